The maximum Gasteiger partial charge on any atom is 0.403 e. The normalized spacial score (nSPS) is 31.5. The van der Waals surface area contributed by atoms with Crippen molar-refractivity contribution in [1.29, 1.82) is 5.26 Å². The standard InChI is InChI=1S/C30H42F3N5O4/c1-26(2,3)21(36-25(42)29(30(31,32)33)8-6-7-9-29)24(41)38-15-18-19(27(18,4)5)20(38)23(40)35-17(14-34)12-16-13-28(10-11-28)37-22(16)39/h16-21H,6-13,15H2,1-5H3,(H,35,40)(H,36,42)(H,37,39)/t16-,17+,18+,19+,20+,21-/m1/s1. The molecule has 0 bridgehead atoms. The summed E-state index contributed by atoms with van der Waals surface area (Å²) in [4.78, 5) is 54.9. The molecule has 3 saturated carbocycles. The molecule has 4 amide bonds. The average molecular weight is 594 g/mol. The number of likely N-dealkylation sites (tertiary alicyclic amines) is 1. The van der Waals surface area contributed by atoms with E-state index in [0.29, 0.717) is 6.42 Å². The Morgan fingerprint density at radius 1 is 1.10 bits per heavy atom. The van der Waals surface area contributed by atoms with E-state index in [1.807, 2.05) is 13.8 Å². The van der Waals surface area contributed by atoms with Crippen LogP contribution in [0.25, 0.3) is 0 Å². The van der Waals surface area contributed by atoms with Crippen LogP contribution in [0.15, 0.2) is 0 Å². The number of nitrogens with zero attached hydrogens (tertiary/aromatic N) is 2. The monoisotopic (exact) mass is 593 g/mol. The number of fused-ring (bicyclic) bond motifs is 1. The Kier molecular flexibility index (Phi) is 7.18. The number of rotatable bonds is 7. The molecule has 0 radical (unpaired) electrons. The highest BCUT2D eigenvalue weighted by Crippen LogP contribution is 2.65. The van der Waals surface area contributed by atoms with Gasteiger partial charge in [0.25, 0.3) is 0 Å². The van der Waals surface area contributed by atoms with Crippen LogP contribution in [0.4, 0.5) is 13.2 Å². The second kappa shape index (κ2) is 9.84. The maximum absolute atomic E-state index is 14.1. The molecule has 2 saturated heterocycles. The first kappa shape index (κ1) is 30.6. The van der Waals surface area contributed by atoms with Crippen molar-refractivity contribution in [1.82, 2.24) is 20.9 Å². The van der Waals surface area contributed by atoms with E-state index in [1.165, 1.54) is 4.90 Å². The van der Waals surface area contributed by atoms with Crippen molar-refractivity contribution < 1.29 is 32.3 Å². The van der Waals surface area contributed by atoms with Crippen LogP contribution in [0.3, 0.4) is 0 Å². The molecule has 0 aromatic rings. The average Bonchev–Trinajstić information content (AvgIpc) is 3.43. The van der Waals surface area contributed by atoms with Crippen molar-refractivity contribution >= 4 is 23.6 Å². The quantitative estimate of drug-likeness (QED) is 0.417. The highest BCUT2D eigenvalue weighted by atomic mass is 19.4. The summed E-state index contributed by atoms with van der Waals surface area (Å²) in [6.07, 6.45) is -2.24. The summed E-state index contributed by atoms with van der Waals surface area (Å²) < 4.78 is 42.4. The fourth-order valence-corrected chi connectivity index (χ4v) is 7.85. The lowest BCUT2D eigenvalue weighted by atomic mass is 9.81. The largest absolute Gasteiger partial charge is 0.403 e. The maximum atomic E-state index is 14.1. The van der Waals surface area contributed by atoms with Crippen LogP contribution in [-0.2, 0) is 19.2 Å². The summed E-state index contributed by atoms with van der Waals surface area (Å²) >= 11 is 0. The number of carbonyl (C=O) groups is 4. The number of nitriles is 1. The minimum absolute atomic E-state index is 0.000685. The topological polar surface area (TPSA) is 131 Å². The molecule has 0 aromatic heterocycles. The van der Waals surface area contributed by atoms with E-state index in [4.69, 9.17) is 0 Å². The van der Waals surface area contributed by atoms with Gasteiger partial charge < -0.3 is 20.9 Å². The van der Waals surface area contributed by atoms with Crippen molar-refractivity contribution in [3.63, 3.8) is 0 Å². The first-order valence-electron chi connectivity index (χ1n) is 15.1. The van der Waals surface area contributed by atoms with E-state index < -0.39 is 52.9 Å². The van der Waals surface area contributed by atoms with Gasteiger partial charge in [-0.3, -0.25) is 19.2 Å². The lowest BCUT2D eigenvalue weighted by molar-refractivity contribution is -0.221. The van der Waals surface area contributed by atoms with Crippen LogP contribution in [0.2, 0.25) is 0 Å². The fraction of sp³-hybridized carbons (Fsp3) is 0.833. The first-order valence-corrected chi connectivity index (χ1v) is 15.1. The van der Waals surface area contributed by atoms with Crippen LogP contribution in [-0.4, -0.2) is 64.9 Å². The molecular weight excluding hydrogens is 551 g/mol. The van der Waals surface area contributed by atoms with E-state index in [0.717, 1.165) is 12.8 Å². The second-order valence-electron chi connectivity index (χ2n) is 15.0. The summed E-state index contributed by atoms with van der Waals surface area (Å²) in [5.74, 6) is -3.02. The molecule has 2 aliphatic heterocycles. The summed E-state index contributed by atoms with van der Waals surface area (Å²) in [5.41, 5.74) is -3.88. The van der Waals surface area contributed by atoms with Crippen molar-refractivity contribution in [2.75, 3.05) is 6.54 Å². The molecule has 9 nitrogen and oxygen atoms in total. The lowest BCUT2D eigenvalue weighted by Crippen LogP contribution is -2.62. The van der Waals surface area contributed by atoms with Crippen LogP contribution in [0, 0.1) is 45.3 Å². The summed E-state index contributed by atoms with van der Waals surface area (Å²) in [7, 11) is 0. The minimum Gasteiger partial charge on any atom is -0.350 e. The Hall–Kier alpha value is -2.84. The van der Waals surface area contributed by atoms with Crippen LogP contribution < -0.4 is 16.0 Å². The minimum atomic E-state index is -4.75. The molecule has 42 heavy (non-hydrogen) atoms. The van der Waals surface area contributed by atoms with Gasteiger partial charge in [-0.2, -0.15) is 18.4 Å². The van der Waals surface area contributed by atoms with Gasteiger partial charge in [0, 0.05) is 18.0 Å². The lowest BCUT2D eigenvalue weighted by Gasteiger charge is -2.39. The van der Waals surface area contributed by atoms with Gasteiger partial charge in [0.1, 0.15) is 23.5 Å². The van der Waals surface area contributed by atoms with E-state index in [2.05, 4.69) is 22.0 Å². The highest BCUT2D eigenvalue weighted by Gasteiger charge is 2.70. The number of alkyl halides is 3. The zero-order valence-electron chi connectivity index (χ0n) is 25.0. The zero-order chi connectivity index (χ0) is 31.0. The van der Waals surface area contributed by atoms with Crippen molar-refractivity contribution in [2.45, 2.75) is 116 Å². The number of hydrogen-bond donors (Lipinski definition) is 3. The molecule has 3 N–H and O–H groups in total. The van der Waals surface area contributed by atoms with Gasteiger partial charge >= 0.3 is 6.18 Å². The molecule has 5 rings (SSSR count). The number of carbonyl (C=O) groups excluding carboxylic acids is 4. The number of nitrogens with one attached hydrogen (secondary N) is 3. The van der Waals surface area contributed by atoms with E-state index in [1.54, 1.807) is 20.8 Å². The third-order valence-electron chi connectivity index (χ3n) is 10.8. The molecule has 5 fully saturated rings. The van der Waals surface area contributed by atoms with Crippen molar-refractivity contribution in [3.8, 4) is 6.07 Å². The Labute approximate surface area is 244 Å². The second-order valence-corrected chi connectivity index (χ2v) is 15.0. The smallest absolute Gasteiger partial charge is 0.350 e. The number of piperidine rings is 1. The zero-order valence-corrected chi connectivity index (χ0v) is 25.0. The van der Waals surface area contributed by atoms with Crippen LogP contribution in [0.1, 0.15) is 86.0 Å². The molecular formula is C30H42F3N5O4. The Balaban J connectivity index is 1.34. The highest BCUT2D eigenvalue weighted by molar-refractivity contribution is 5.95. The van der Waals surface area contributed by atoms with Gasteiger partial charge in [-0.1, -0.05) is 47.5 Å². The van der Waals surface area contributed by atoms with Crippen LogP contribution >= 0.6 is 0 Å². The van der Waals surface area contributed by atoms with E-state index in [9.17, 15) is 37.6 Å². The Morgan fingerprint density at radius 2 is 1.71 bits per heavy atom. The molecule has 0 aromatic carbocycles. The van der Waals surface area contributed by atoms with Crippen molar-refractivity contribution in [2.24, 2.45) is 34.0 Å². The first-order chi connectivity index (χ1) is 19.4. The molecule has 12 heteroatoms. The van der Waals surface area contributed by atoms with Gasteiger partial charge in [-0.05, 0) is 61.2 Å². The molecule has 3 aliphatic carbocycles. The fourth-order valence-electron chi connectivity index (χ4n) is 7.85. The molecule has 5 aliphatic rings. The third kappa shape index (κ3) is 5.04. The van der Waals surface area contributed by atoms with E-state index >= 15 is 0 Å². The van der Waals surface area contributed by atoms with Gasteiger partial charge in [0.15, 0.2) is 0 Å². The molecule has 1 spiro atoms. The molecule has 232 valence electrons. The van der Waals surface area contributed by atoms with E-state index in [-0.39, 0.29) is 73.3 Å². The van der Waals surface area contributed by atoms with Gasteiger partial charge in [0.2, 0.25) is 23.6 Å². The number of amides is 4. The summed E-state index contributed by atoms with van der Waals surface area (Å²) in [5, 5.41) is 18.1. The van der Waals surface area contributed by atoms with Gasteiger partial charge in [-0.25, -0.2) is 0 Å². The van der Waals surface area contributed by atoms with Crippen LogP contribution in [0.5, 0.6) is 0 Å². The molecule has 0 unspecified atom stereocenters. The van der Waals surface area contributed by atoms with Gasteiger partial charge in [0.05, 0.1) is 6.07 Å². The SMILES string of the molecule is CC(C)(C)[C@H](NC(=O)C1(C(F)(F)F)CCCC1)C(=O)N1C[C@H]2[C@@H]([C@H]1C(=O)N[C@H](C#N)C[C@@H]1CC3(CC3)NC1=O)C2(C)C. The predicted molar refractivity (Wildman–Crippen MR) is 145 cm³/mol. The summed E-state index contributed by atoms with van der Waals surface area (Å²) in [6, 6.07) is -1.08. The third-order valence-corrected chi connectivity index (χ3v) is 10.8. The molecule has 6 atom stereocenters. The number of hydrogen-bond acceptors (Lipinski definition) is 5. The Bertz CT molecular complexity index is 1210. The predicted octanol–water partition coefficient (Wildman–Crippen LogP) is 3.19. The molecule has 2 heterocycles. The number of halogens is 3. The van der Waals surface area contributed by atoms with Gasteiger partial charge in [-0.15, -0.1) is 0 Å². The van der Waals surface area contributed by atoms with Crippen molar-refractivity contribution in [3.05, 3.63) is 0 Å². The summed E-state index contributed by atoms with van der Waals surface area (Å²) in [6.45, 7) is 9.25. The Morgan fingerprint density at radius 3 is 2.21 bits per heavy atom.